The molecule has 0 amide bonds. The van der Waals surface area contributed by atoms with Crippen molar-refractivity contribution in [3.63, 3.8) is 0 Å². The molecule has 0 spiro atoms. The summed E-state index contributed by atoms with van der Waals surface area (Å²) in [5.74, 6) is -0.380. The molecule has 8 heteroatoms. The summed E-state index contributed by atoms with van der Waals surface area (Å²) in [6, 6.07) is 20.3. The third kappa shape index (κ3) is 3.40. The summed E-state index contributed by atoms with van der Waals surface area (Å²) < 4.78 is 17.6. The van der Waals surface area contributed by atoms with Gasteiger partial charge in [-0.15, -0.1) is 0 Å². The smallest absolute Gasteiger partial charge is 0.268 e. The van der Waals surface area contributed by atoms with Crippen LogP contribution in [0.2, 0.25) is 10.0 Å². The van der Waals surface area contributed by atoms with Gasteiger partial charge in [-0.3, -0.25) is 9.36 Å². The monoisotopic (exact) mass is 450 g/mol. The van der Waals surface area contributed by atoms with Gasteiger partial charge in [-0.1, -0.05) is 41.4 Å². The van der Waals surface area contributed by atoms with E-state index in [0.29, 0.717) is 16.2 Å². The third-order valence-corrected chi connectivity index (χ3v) is 5.34. The summed E-state index contributed by atoms with van der Waals surface area (Å²) in [6.07, 6.45) is 1.44. The number of aromatic nitrogens is 4. The van der Waals surface area contributed by atoms with Crippen LogP contribution in [0.4, 0.5) is 4.39 Å². The van der Waals surface area contributed by atoms with Crippen molar-refractivity contribution in [1.29, 1.82) is 0 Å². The third-order valence-electron chi connectivity index (χ3n) is 4.85. The highest BCUT2D eigenvalue weighted by atomic mass is 35.5. The van der Waals surface area contributed by atoms with E-state index in [2.05, 4.69) is 5.10 Å². The number of nitrogens with zero attached hydrogens (tertiary/aromatic N) is 4. The van der Waals surface area contributed by atoms with Gasteiger partial charge in [0.25, 0.3) is 5.56 Å². The molecule has 5 nitrogen and oxygen atoms in total. The highest BCUT2D eigenvalue weighted by molar-refractivity contribution is 6.30. The van der Waals surface area contributed by atoms with Crippen molar-refractivity contribution in [2.75, 3.05) is 0 Å². The van der Waals surface area contributed by atoms with Gasteiger partial charge in [-0.2, -0.15) is 5.10 Å². The molecule has 31 heavy (non-hydrogen) atoms. The maximum Gasteiger partial charge on any atom is 0.269 e. The summed E-state index contributed by atoms with van der Waals surface area (Å²) >= 11 is 11.9. The van der Waals surface area contributed by atoms with Gasteiger partial charge < -0.3 is 0 Å². The number of rotatable bonds is 3. The van der Waals surface area contributed by atoms with Crippen molar-refractivity contribution in [3.05, 3.63) is 105 Å². The average Bonchev–Trinajstić information content (AvgIpc) is 3.20. The predicted molar refractivity (Wildman–Crippen MR) is 120 cm³/mol. The number of hydrogen-bond acceptors (Lipinski definition) is 3. The van der Waals surface area contributed by atoms with Crippen LogP contribution in [-0.4, -0.2) is 19.3 Å². The fourth-order valence-corrected chi connectivity index (χ4v) is 3.69. The molecule has 0 radical (unpaired) electrons. The number of hydrogen-bond donors (Lipinski definition) is 0. The first-order valence-corrected chi connectivity index (χ1v) is 10.1. The number of benzene rings is 3. The van der Waals surface area contributed by atoms with E-state index in [-0.39, 0.29) is 21.9 Å². The lowest BCUT2D eigenvalue weighted by Gasteiger charge is -2.14. The van der Waals surface area contributed by atoms with E-state index >= 15 is 0 Å². The van der Waals surface area contributed by atoms with Crippen LogP contribution in [0.5, 0.6) is 0 Å². The highest BCUT2D eigenvalue weighted by Crippen LogP contribution is 2.26. The molecule has 2 heterocycles. The number of fused-ring (bicyclic) bond motifs is 1. The fraction of sp³-hybridized carbons (Fsp3) is 0. The van der Waals surface area contributed by atoms with Crippen molar-refractivity contribution in [1.82, 2.24) is 19.3 Å². The van der Waals surface area contributed by atoms with Gasteiger partial charge in [0, 0.05) is 15.6 Å². The van der Waals surface area contributed by atoms with Crippen molar-refractivity contribution in [2.45, 2.75) is 0 Å². The number of para-hydroxylation sites is 1. The molecule has 0 aliphatic heterocycles. The van der Waals surface area contributed by atoms with Gasteiger partial charge in [-0.05, 0) is 54.6 Å². The van der Waals surface area contributed by atoms with Gasteiger partial charge in [0.05, 0.1) is 17.6 Å². The molecule has 2 aromatic heterocycles. The maximum atomic E-state index is 14.8. The van der Waals surface area contributed by atoms with E-state index in [1.165, 1.54) is 22.9 Å². The average molecular weight is 451 g/mol. The van der Waals surface area contributed by atoms with Gasteiger partial charge in [-0.25, -0.2) is 14.1 Å². The standard InChI is InChI=1S/C23H13Cl2FN4O/c24-15-8-6-14(7-9-15)21-28-22-18(13-27-30(22)17-4-2-1-3-5-17)23(31)29(21)20-11-10-16(25)12-19(20)26/h1-13H. The molecular weight excluding hydrogens is 438 g/mol. The molecule has 5 rings (SSSR count). The quantitative estimate of drug-likeness (QED) is 0.355. The summed E-state index contributed by atoms with van der Waals surface area (Å²) in [6.45, 7) is 0. The second-order valence-corrected chi connectivity index (χ2v) is 7.68. The Balaban J connectivity index is 1.87. The molecule has 3 aromatic carbocycles. The van der Waals surface area contributed by atoms with Crippen LogP contribution in [-0.2, 0) is 0 Å². The Morgan fingerprint density at radius 1 is 0.871 bits per heavy atom. The van der Waals surface area contributed by atoms with E-state index in [1.54, 1.807) is 28.9 Å². The molecule has 0 bridgehead atoms. The van der Waals surface area contributed by atoms with Gasteiger partial charge in [0.1, 0.15) is 17.0 Å². The van der Waals surface area contributed by atoms with E-state index < -0.39 is 11.4 Å². The summed E-state index contributed by atoms with van der Waals surface area (Å²) in [7, 11) is 0. The Hall–Kier alpha value is -3.48. The zero-order valence-corrected chi connectivity index (χ0v) is 17.3. The molecule has 0 unspecified atom stereocenters. The topological polar surface area (TPSA) is 52.7 Å². The van der Waals surface area contributed by atoms with Crippen LogP contribution in [0.3, 0.4) is 0 Å². The van der Waals surface area contributed by atoms with Gasteiger partial charge >= 0.3 is 0 Å². The minimum absolute atomic E-state index is 0.0428. The van der Waals surface area contributed by atoms with E-state index in [4.69, 9.17) is 28.2 Å². The second-order valence-electron chi connectivity index (χ2n) is 6.81. The lowest BCUT2D eigenvalue weighted by atomic mass is 10.2. The Morgan fingerprint density at radius 3 is 2.29 bits per heavy atom. The molecule has 0 saturated carbocycles. The van der Waals surface area contributed by atoms with E-state index in [0.717, 1.165) is 11.8 Å². The van der Waals surface area contributed by atoms with Crippen LogP contribution < -0.4 is 5.56 Å². The second kappa shape index (κ2) is 7.65. The minimum Gasteiger partial charge on any atom is -0.268 e. The van der Waals surface area contributed by atoms with Crippen molar-refractivity contribution in [3.8, 4) is 22.8 Å². The minimum atomic E-state index is -0.638. The van der Waals surface area contributed by atoms with Crippen molar-refractivity contribution < 1.29 is 4.39 Å². The molecule has 0 fully saturated rings. The van der Waals surface area contributed by atoms with Crippen LogP contribution in [0.1, 0.15) is 0 Å². The number of halogens is 3. The van der Waals surface area contributed by atoms with Crippen LogP contribution >= 0.6 is 23.2 Å². The molecule has 0 N–H and O–H groups in total. The lowest BCUT2D eigenvalue weighted by molar-refractivity contribution is 0.616. The molecule has 152 valence electrons. The Bertz CT molecular complexity index is 1480. The van der Waals surface area contributed by atoms with E-state index in [1.807, 2.05) is 30.3 Å². The summed E-state index contributed by atoms with van der Waals surface area (Å²) in [4.78, 5) is 18.2. The molecular formula is C23H13Cl2FN4O. The van der Waals surface area contributed by atoms with Crippen LogP contribution in [0.25, 0.3) is 33.8 Å². The molecule has 0 aliphatic carbocycles. The van der Waals surface area contributed by atoms with Gasteiger partial charge in [0.2, 0.25) is 0 Å². The normalized spacial score (nSPS) is 11.2. The SMILES string of the molecule is O=c1c2cnn(-c3ccccc3)c2nc(-c2ccc(Cl)cc2)n1-c1ccc(Cl)cc1F. The largest absolute Gasteiger partial charge is 0.269 e. The predicted octanol–water partition coefficient (Wildman–Crippen LogP) is 5.68. The Morgan fingerprint density at radius 2 is 1.58 bits per heavy atom. The first-order valence-electron chi connectivity index (χ1n) is 9.30. The van der Waals surface area contributed by atoms with Crippen LogP contribution in [0.15, 0.2) is 83.8 Å². The van der Waals surface area contributed by atoms with E-state index in [9.17, 15) is 9.18 Å². The van der Waals surface area contributed by atoms with Crippen LogP contribution in [0, 0.1) is 5.82 Å². The fourth-order valence-electron chi connectivity index (χ4n) is 3.40. The summed E-state index contributed by atoms with van der Waals surface area (Å²) in [5.41, 5.74) is 1.31. The van der Waals surface area contributed by atoms with Gasteiger partial charge in [0.15, 0.2) is 5.65 Å². The first kappa shape index (κ1) is 19.5. The Kier molecular flexibility index (Phi) is 4.81. The zero-order valence-electron chi connectivity index (χ0n) is 15.8. The lowest BCUT2D eigenvalue weighted by Crippen LogP contribution is -2.23. The molecule has 0 aliphatic rings. The maximum absolute atomic E-state index is 14.8. The summed E-state index contributed by atoms with van der Waals surface area (Å²) in [5, 5.41) is 5.37. The highest BCUT2D eigenvalue weighted by Gasteiger charge is 2.20. The van der Waals surface area contributed by atoms with Crippen molar-refractivity contribution >= 4 is 34.2 Å². The first-order chi connectivity index (χ1) is 15.0. The molecule has 5 aromatic rings. The zero-order chi connectivity index (χ0) is 21.5. The van der Waals surface area contributed by atoms with Crippen molar-refractivity contribution in [2.24, 2.45) is 0 Å². The Labute approximate surface area is 185 Å². The molecule has 0 atom stereocenters. The molecule has 0 saturated heterocycles.